The van der Waals surface area contributed by atoms with E-state index in [0.29, 0.717) is 28.8 Å². The number of ether oxygens (including phenoxy) is 2. The molecule has 0 spiro atoms. The third-order valence-electron chi connectivity index (χ3n) is 5.57. The van der Waals surface area contributed by atoms with Gasteiger partial charge in [0, 0.05) is 23.3 Å². The van der Waals surface area contributed by atoms with Gasteiger partial charge < -0.3 is 14.6 Å². The van der Waals surface area contributed by atoms with Crippen LogP contribution in [-0.4, -0.2) is 39.2 Å². The lowest BCUT2D eigenvalue weighted by Gasteiger charge is -2.12. The fourth-order valence-corrected chi connectivity index (χ4v) is 4.11. The van der Waals surface area contributed by atoms with E-state index < -0.39 is 5.97 Å². The highest BCUT2D eigenvalue weighted by molar-refractivity contribution is 5.81. The van der Waals surface area contributed by atoms with E-state index in [2.05, 4.69) is 18.7 Å². The topological polar surface area (TPSA) is 94.4 Å². The van der Waals surface area contributed by atoms with Gasteiger partial charge in [-0.1, -0.05) is 41.0 Å². The molecule has 1 heterocycles. The van der Waals surface area contributed by atoms with Gasteiger partial charge in [0.25, 0.3) is 0 Å². The van der Waals surface area contributed by atoms with Gasteiger partial charge in [0.05, 0.1) is 5.56 Å². The maximum absolute atomic E-state index is 11.2. The Bertz CT molecular complexity index is 1370. The van der Waals surface area contributed by atoms with Crippen LogP contribution >= 0.6 is 0 Å². The van der Waals surface area contributed by atoms with Gasteiger partial charge in [-0.3, -0.25) is 0 Å². The molecule has 0 unspecified atom stereocenters. The van der Waals surface area contributed by atoms with Crippen molar-refractivity contribution in [2.45, 2.75) is 27.7 Å². The number of phenols is 1. The largest absolute Gasteiger partial charge is 0.507 e. The first-order valence-corrected chi connectivity index (χ1v) is 11.9. The second kappa shape index (κ2) is 11.0. The Kier molecular flexibility index (Phi) is 7.63. The summed E-state index contributed by atoms with van der Waals surface area (Å²) < 4.78 is 10.5. The molecule has 3 aromatic carbocycles. The second-order valence-electron chi connectivity index (χ2n) is 8.96. The monoisotopic (exact) mass is 495 g/mol. The molecule has 0 aliphatic rings. The molecule has 1 N–H and O–H groups in total. The van der Waals surface area contributed by atoms with Gasteiger partial charge >= 0.3 is 5.97 Å². The van der Waals surface area contributed by atoms with Crippen LogP contribution in [0.4, 0.5) is 0 Å². The van der Waals surface area contributed by atoms with Crippen molar-refractivity contribution < 1.29 is 19.4 Å². The molecule has 0 radical (unpaired) electrons. The Morgan fingerprint density at radius 3 is 1.78 bits per heavy atom. The maximum atomic E-state index is 11.2. The lowest BCUT2D eigenvalue weighted by Crippen LogP contribution is -2.10. The summed E-state index contributed by atoms with van der Waals surface area (Å²) in [5.74, 6) is 1.26. The summed E-state index contributed by atoms with van der Waals surface area (Å²) in [4.78, 5) is 25.4. The Morgan fingerprint density at radius 1 is 0.784 bits per heavy atom. The van der Waals surface area contributed by atoms with Crippen LogP contribution in [0.15, 0.2) is 67.3 Å². The molecule has 0 bridgehead atoms. The van der Waals surface area contributed by atoms with Crippen LogP contribution in [0.1, 0.15) is 22.3 Å². The van der Waals surface area contributed by atoms with Crippen molar-refractivity contribution in [3.63, 3.8) is 0 Å². The number of phenolic OH excluding ortho intramolecular Hbond substituents is 1. The normalized spacial score (nSPS) is 10.7. The number of carbonyl (C=O) groups is 1. The van der Waals surface area contributed by atoms with Gasteiger partial charge in [-0.15, -0.1) is 0 Å². The van der Waals surface area contributed by atoms with E-state index in [-0.39, 0.29) is 19.0 Å². The van der Waals surface area contributed by atoms with E-state index >= 15 is 0 Å². The minimum absolute atomic E-state index is 0.0375. The van der Waals surface area contributed by atoms with Crippen LogP contribution in [0.5, 0.6) is 11.5 Å². The molecule has 7 heteroatoms. The van der Waals surface area contributed by atoms with E-state index in [1.807, 2.05) is 52.0 Å². The highest BCUT2D eigenvalue weighted by Gasteiger charge is 2.16. The number of rotatable bonds is 8. The summed E-state index contributed by atoms with van der Waals surface area (Å²) in [6, 6.07) is 17.2. The van der Waals surface area contributed by atoms with Gasteiger partial charge in [0.1, 0.15) is 24.7 Å². The molecule has 0 aliphatic heterocycles. The smallest absolute Gasteiger partial charge is 0.330 e. The minimum atomic E-state index is -0.518. The summed E-state index contributed by atoms with van der Waals surface area (Å²) in [6.07, 6.45) is 1.09. The van der Waals surface area contributed by atoms with Crippen molar-refractivity contribution in [1.82, 2.24) is 15.0 Å². The average Bonchev–Trinajstić information content (AvgIpc) is 2.85. The number of carbonyl (C=O) groups excluding carboxylic acids is 1. The molecular weight excluding hydrogens is 466 g/mol. The van der Waals surface area contributed by atoms with E-state index in [1.165, 1.54) is 6.07 Å². The number of aromatic nitrogens is 3. The maximum Gasteiger partial charge on any atom is 0.330 e. The number of nitrogens with zero attached hydrogens (tertiary/aromatic N) is 3. The molecule has 4 aromatic rings. The van der Waals surface area contributed by atoms with Gasteiger partial charge in [-0.2, -0.15) is 0 Å². The van der Waals surface area contributed by atoms with Crippen molar-refractivity contribution in [3.05, 3.63) is 89.5 Å². The van der Waals surface area contributed by atoms with Crippen LogP contribution in [-0.2, 0) is 9.53 Å². The van der Waals surface area contributed by atoms with Crippen LogP contribution in [0.25, 0.3) is 34.2 Å². The highest BCUT2D eigenvalue weighted by atomic mass is 16.6. The van der Waals surface area contributed by atoms with E-state index in [4.69, 9.17) is 24.4 Å². The van der Waals surface area contributed by atoms with Crippen molar-refractivity contribution in [1.29, 1.82) is 0 Å². The number of benzene rings is 3. The first-order valence-electron chi connectivity index (χ1n) is 11.9. The zero-order chi connectivity index (χ0) is 26.5. The quantitative estimate of drug-likeness (QED) is 0.184. The highest BCUT2D eigenvalue weighted by Crippen LogP contribution is 2.33. The van der Waals surface area contributed by atoms with Gasteiger partial charge in [-0.25, -0.2) is 19.7 Å². The first-order chi connectivity index (χ1) is 17.7. The predicted octanol–water partition coefficient (Wildman–Crippen LogP) is 5.92. The average molecular weight is 496 g/mol. The fraction of sp³-hybridized carbons (Fsp3) is 0.200. The van der Waals surface area contributed by atoms with Gasteiger partial charge in [-0.05, 0) is 64.1 Å². The van der Waals surface area contributed by atoms with Crippen LogP contribution < -0.4 is 4.74 Å². The molecule has 0 saturated carbocycles. The van der Waals surface area contributed by atoms with E-state index in [9.17, 15) is 9.90 Å². The van der Waals surface area contributed by atoms with Crippen LogP contribution in [0, 0.1) is 27.7 Å². The zero-order valence-electron chi connectivity index (χ0n) is 21.4. The van der Waals surface area contributed by atoms with Crippen molar-refractivity contribution in [2.24, 2.45) is 0 Å². The summed E-state index contributed by atoms with van der Waals surface area (Å²) in [6.45, 7) is 11.7. The van der Waals surface area contributed by atoms with Gasteiger partial charge in [0.2, 0.25) is 0 Å². The second-order valence-corrected chi connectivity index (χ2v) is 8.96. The molecule has 0 fully saturated rings. The zero-order valence-corrected chi connectivity index (χ0v) is 21.4. The lowest BCUT2D eigenvalue weighted by atomic mass is 10.1. The molecule has 37 heavy (non-hydrogen) atoms. The fourth-order valence-electron chi connectivity index (χ4n) is 4.11. The third-order valence-corrected chi connectivity index (χ3v) is 5.57. The molecule has 188 valence electrons. The summed E-state index contributed by atoms with van der Waals surface area (Å²) >= 11 is 0. The predicted molar refractivity (Wildman–Crippen MR) is 143 cm³/mol. The molecule has 0 aliphatic carbocycles. The SMILES string of the molecule is C=CC(=O)OCCOc1ccc(-c2nc(-c3cc(C)cc(C)c3)nc(-c3cc(C)cc(C)c3)n2)c(O)c1. The molecular formula is C30H29N3O4. The summed E-state index contributed by atoms with van der Waals surface area (Å²) in [5.41, 5.74) is 6.62. The Labute approximate surface area is 216 Å². The molecule has 7 nitrogen and oxygen atoms in total. The number of hydrogen-bond acceptors (Lipinski definition) is 7. The van der Waals surface area contributed by atoms with Crippen LogP contribution in [0.3, 0.4) is 0 Å². The minimum Gasteiger partial charge on any atom is -0.507 e. The van der Waals surface area contributed by atoms with E-state index in [1.54, 1.807) is 12.1 Å². The molecule has 0 atom stereocenters. The lowest BCUT2D eigenvalue weighted by molar-refractivity contribution is -0.138. The number of aromatic hydroxyl groups is 1. The first kappa shape index (κ1) is 25.6. The Hall–Kier alpha value is -4.52. The van der Waals surface area contributed by atoms with Crippen molar-refractivity contribution >= 4 is 5.97 Å². The number of aryl methyl sites for hydroxylation is 4. The summed E-state index contributed by atoms with van der Waals surface area (Å²) in [7, 11) is 0. The van der Waals surface area contributed by atoms with E-state index in [0.717, 1.165) is 39.5 Å². The molecule has 1 aromatic heterocycles. The molecule has 4 rings (SSSR count). The third kappa shape index (κ3) is 6.38. The van der Waals surface area contributed by atoms with Crippen molar-refractivity contribution in [3.8, 4) is 45.7 Å². The standard InChI is InChI=1S/C30H29N3O4/c1-6-27(35)37-10-9-36-24-7-8-25(26(34)17-24)30-32-28(22-13-18(2)11-19(3)14-22)31-29(33-30)23-15-20(4)12-21(5)16-23/h6-8,11-17,34H,1,9-10H2,2-5H3. The summed E-state index contributed by atoms with van der Waals surface area (Å²) in [5, 5.41) is 10.8. The molecule has 0 amide bonds. The Balaban J connectivity index is 1.74. The Morgan fingerprint density at radius 2 is 1.30 bits per heavy atom. The number of esters is 1. The van der Waals surface area contributed by atoms with Crippen LogP contribution in [0.2, 0.25) is 0 Å². The van der Waals surface area contributed by atoms with Crippen molar-refractivity contribution in [2.75, 3.05) is 13.2 Å². The number of hydrogen-bond donors (Lipinski definition) is 1. The van der Waals surface area contributed by atoms with Gasteiger partial charge in [0.15, 0.2) is 17.5 Å². The molecule has 0 saturated heterocycles.